The molecule has 0 spiro atoms. The molecule has 34 heavy (non-hydrogen) atoms. The molecule has 1 aromatic heterocycles. The number of rotatable bonds is 8. The minimum Gasteiger partial charge on any atom is -0.493 e. The molecule has 2 heterocycles. The number of hydrogen-bond acceptors (Lipinski definition) is 7. The first kappa shape index (κ1) is 23.3. The summed E-state index contributed by atoms with van der Waals surface area (Å²) < 4.78 is 39.9. The summed E-state index contributed by atoms with van der Waals surface area (Å²) in [7, 11) is 1.30. The van der Waals surface area contributed by atoms with Crippen LogP contribution in [0.4, 0.5) is 13.6 Å². The zero-order valence-corrected chi connectivity index (χ0v) is 18.6. The van der Waals surface area contributed by atoms with Gasteiger partial charge in [-0.15, -0.1) is 0 Å². The Morgan fingerprint density at radius 1 is 1.18 bits per heavy atom. The summed E-state index contributed by atoms with van der Waals surface area (Å²) in [5.41, 5.74) is 1.04. The molecule has 1 aliphatic heterocycles. The summed E-state index contributed by atoms with van der Waals surface area (Å²) in [6.07, 6.45) is 1.45. The molecule has 0 bridgehead atoms. The molecule has 1 saturated heterocycles. The van der Waals surface area contributed by atoms with Crippen LogP contribution >= 0.6 is 11.8 Å². The number of nitrogens with zero attached hydrogens (tertiary/aromatic N) is 1. The summed E-state index contributed by atoms with van der Waals surface area (Å²) in [5, 5.41) is 2.93. The maximum atomic E-state index is 12.7. The maximum absolute atomic E-state index is 12.7. The third-order valence-corrected chi connectivity index (χ3v) is 5.75. The number of thioether (sulfide) groups is 1. The van der Waals surface area contributed by atoms with Crippen molar-refractivity contribution >= 4 is 45.9 Å². The van der Waals surface area contributed by atoms with Crippen LogP contribution in [0.1, 0.15) is 16.1 Å². The lowest BCUT2D eigenvalue weighted by Crippen LogP contribution is -2.37. The molecule has 0 saturated carbocycles. The van der Waals surface area contributed by atoms with Crippen molar-refractivity contribution in [3.05, 3.63) is 64.8 Å². The lowest BCUT2D eigenvalue weighted by molar-refractivity contribution is -0.122. The van der Waals surface area contributed by atoms with Crippen molar-refractivity contribution in [1.29, 1.82) is 0 Å². The molecule has 8 nitrogen and oxygen atoms in total. The first-order valence-corrected chi connectivity index (χ1v) is 10.8. The quantitative estimate of drug-likeness (QED) is 0.466. The SMILES string of the molecule is COc1cc(/C=C2\SC(=O)N(CCNC(=O)c3cc4ccccc4o3)C2=O)ccc1OC(F)F. The summed E-state index contributed by atoms with van der Waals surface area (Å²) in [6, 6.07) is 13.0. The molecule has 1 fully saturated rings. The minimum absolute atomic E-state index is 0.0293. The van der Waals surface area contributed by atoms with Crippen molar-refractivity contribution in [2.45, 2.75) is 6.61 Å². The molecule has 4 rings (SSSR count). The van der Waals surface area contributed by atoms with E-state index >= 15 is 0 Å². The standard InChI is InChI=1S/C23H18F2N2O6S/c1-31-17-10-13(6-7-16(17)33-22(24)25)11-19-21(29)27(23(30)34-19)9-8-26-20(28)18-12-14-4-2-3-5-15(14)32-18/h2-7,10-12,22H,8-9H2,1H3,(H,26,28)/b19-11-. The van der Waals surface area contributed by atoms with E-state index in [1.807, 2.05) is 12.1 Å². The van der Waals surface area contributed by atoms with Gasteiger partial charge in [-0.05, 0) is 47.7 Å². The van der Waals surface area contributed by atoms with Crippen LogP contribution in [0.25, 0.3) is 17.0 Å². The van der Waals surface area contributed by atoms with Gasteiger partial charge in [0.05, 0.1) is 12.0 Å². The van der Waals surface area contributed by atoms with Crippen molar-refractivity contribution in [3.8, 4) is 11.5 Å². The van der Waals surface area contributed by atoms with E-state index in [0.29, 0.717) is 11.1 Å². The highest BCUT2D eigenvalue weighted by molar-refractivity contribution is 8.18. The van der Waals surface area contributed by atoms with Gasteiger partial charge in [-0.1, -0.05) is 24.3 Å². The highest BCUT2D eigenvalue weighted by Crippen LogP contribution is 2.34. The average Bonchev–Trinajstić information content (AvgIpc) is 3.36. The lowest BCUT2D eigenvalue weighted by atomic mass is 10.2. The van der Waals surface area contributed by atoms with Gasteiger partial charge in [0.1, 0.15) is 5.58 Å². The van der Waals surface area contributed by atoms with Gasteiger partial charge in [-0.25, -0.2) is 0 Å². The van der Waals surface area contributed by atoms with Gasteiger partial charge in [0.25, 0.3) is 17.1 Å². The van der Waals surface area contributed by atoms with E-state index in [4.69, 9.17) is 9.15 Å². The number of imide groups is 1. The summed E-state index contributed by atoms with van der Waals surface area (Å²) in [6.45, 7) is -3.00. The first-order chi connectivity index (χ1) is 16.4. The fourth-order valence-electron chi connectivity index (χ4n) is 3.27. The number of amides is 3. The molecular weight excluding hydrogens is 470 g/mol. The Morgan fingerprint density at radius 3 is 2.71 bits per heavy atom. The van der Waals surface area contributed by atoms with Crippen molar-refractivity contribution in [2.75, 3.05) is 20.2 Å². The van der Waals surface area contributed by atoms with Crippen LogP contribution in [-0.2, 0) is 4.79 Å². The predicted molar refractivity (Wildman–Crippen MR) is 121 cm³/mol. The van der Waals surface area contributed by atoms with Crippen molar-refractivity contribution in [1.82, 2.24) is 10.2 Å². The molecule has 1 aliphatic rings. The maximum Gasteiger partial charge on any atom is 0.387 e. The summed E-state index contributed by atoms with van der Waals surface area (Å²) in [4.78, 5) is 38.5. The fourth-order valence-corrected chi connectivity index (χ4v) is 4.14. The van der Waals surface area contributed by atoms with Gasteiger partial charge < -0.3 is 19.2 Å². The van der Waals surface area contributed by atoms with Gasteiger partial charge in [-0.3, -0.25) is 19.3 Å². The number of carbonyl (C=O) groups excluding carboxylic acids is 3. The summed E-state index contributed by atoms with van der Waals surface area (Å²) in [5.74, 6) is -0.954. The van der Waals surface area contributed by atoms with E-state index in [2.05, 4.69) is 10.1 Å². The Kier molecular flexibility index (Phi) is 6.82. The number of carbonyl (C=O) groups is 3. The van der Waals surface area contributed by atoms with E-state index in [0.717, 1.165) is 22.0 Å². The zero-order valence-electron chi connectivity index (χ0n) is 17.7. The molecule has 3 aromatic rings. The van der Waals surface area contributed by atoms with E-state index < -0.39 is 23.7 Å². The van der Waals surface area contributed by atoms with Gasteiger partial charge in [-0.2, -0.15) is 8.78 Å². The number of fused-ring (bicyclic) bond motifs is 1. The Labute approximate surface area is 196 Å². The molecule has 0 atom stereocenters. The smallest absolute Gasteiger partial charge is 0.387 e. The molecule has 0 unspecified atom stereocenters. The van der Waals surface area contributed by atoms with E-state index in [-0.39, 0.29) is 35.3 Å². The molecule has 2 aromatic carbocycles. The van der Waals surface area contributed by atoms with Crippen LogP contribution in [-0.4, -0.2) is 48.8 Å². The number of furan rings is 1. The average molecular weight is 488 g/mol. The van der Waals surface area contributed by atoms with E-state index in [1.165, 1.54) is 31.4 Å². The second-order valence-electron chi connectivity index (χ2n) is 7.03. The molecule has 0 aliphatic carbocycles. The topological polar surface area (TPSA) is 98.1 Å². The highest BCUT2D eigenvalue weighted by atomic mass is 32.2. The van der Waals surface area contributed by atoms with Crippen LogP contribution in [0.3, 0.4) is 0 Å². The van der Waals surface area contributed by atoms with Crippen LogP contribution in [0.5, 0.6) is 11.5 Å². The van der Waals surface area contributed by atoms with E-state index in [9.17, 15) is 23.2 Å². The number of ether oxygens (including phenoxy) is 2. The Bertz CT molecular complexity index is 1260. The number of para-hydroxylation sites is 1. The lowest BCUT2D eigenvalue weighted by Gasteiger charge is -2.12. The van der Waals surface area contributed by atoms with Crippen LogP contribution in [0.15, 0.2) is 57.9 Å². The number of nitrogens with one attached hydrogen (secondary N) is 1. The van der Waals surface area contributed by atoms with E-state index in [1.54, 1.807) is 18.2 Å². The molecule has 3 amide bonds. The van der Waals surface area contributed by atoms with Gasteiger partial charge in [0, 0.05) is 18.5 Å². The van der Waals surface area contributed by atoms with Crippen molar-refractivity contribution in [2.24, 2.45) is 0 Å². The number of halogens is 2. The second kappa shape index (κ2) is 9.96. The van der Waals surface area contributed by atoms with Crippen LogP contribution in [0, 0.1) is 0 Å². The number of benzene rings is 2. The van der Waals surface area contributed by atoms with Gasteiger partial charge in [0.2, 0.25) is 0 Å². The van der Waals surface area contributed by atoms with Crippen LogP contribution < -0.4 is 14.8 Å². The Balaban J connectivity index is 1.38. The van der Waals surface area contributed by atoms with Crippen LogP contribution in [0.2, 0.25) is 0 Å². The van der Waals surface area contributed by atoms with Gasteiger partial charge >= 0.3 is 6.61 Å². The third kappa shape index (κ3) is 5.04. The largest absolute Gasteiger partial charge is 0.493 e. The van der Waals surface area contributed by atoms with Crippen molar-refractivity contribution < 1.29 is 37.1 Å². The number of methoxy groups -OCH3 is 1. The fraction of sp³-hybridized carbons (Fsp3) is 0.174. The zero-order chi connectivity index (χ0) is 24.2. The van der Waals surface area contributed by atoms with Gasteiger partial charge in [0.15, 0.2) is 17.3 Å². The minimum atomic E-state index is -3.01. The molecule has 176 valence electrons. The monoisotopic (exact) mass is 488 g/mol. The first-order valence-electron chi connectivity index (χ1n) is 10.0. The number of hydrogen-bond donors (Lipinski definition) is 1. The third-order valence-electron chi connectivity index (χ3n) is 4.85. The summed E-state index contributed by atoms with van der Waals surface area (Å²) >= 11 is 0.738. The Morgan fingerprint density at radius 2 is 1.97 bits per heavy atom. The molecule has 0 radical (unpaired) electrons. The number of alkyl halides is 2. The predicted octanol–water partition coefficient (Wildman–Crippen LogP) is 4.51. The van der Waals surface area contributed by atoms with Crippen molar-refractivity contribution in [3.63, 3.8) is 0 Å². The molecule has 11 heteroatoms. The second-order valence-corrected chi connectivity index (χ2v) is 8.02. The highest BCUT2D eigenvalue weighted by Gasteiger charge is 2.34. The normalized spacial score (nSPS) is 14.9. The Hall–Kier alpha value is -3.86. The molecule has 1 N–H and O–H groups in total. The molecular formula is C23H18F2N2O6S.